The summed E-state index contributed by atoms with van der Waals surface area (Å²) in [6.07, 6.45) is 5.68. The number of hydrogen-bond acceptors (Lipinski definition) is 3. The van der Waals surface area contributed by atoms with Crippen molar-refractivity contribution in [3.05, 3.63) is 35.4 Å². The van der Waals surface area contributed by atoms with Crippen LogP contribution < -0.4 is 0 Å². The fourth-order valence-corrected chi connectivity index (χ4v) is 6.92. The normalized spacial score (nSPS) is 35.6. The Morgan fingerprint density at radius 3 is 2.48 bits per heavy atom. The van der Waals surface area contributed by atoms with Gasteiger partial charge in [-0.3, -0.25) is 9.59 Å². The van der Waals surface area contributed by atoms with Crippen LogP contribution in [-0.4, -0.2) is 22.7 Å². The number of hydrogen-bond donors (Lipinski definition) is 0. The molecule has 0 aromatic heterocycles. The highest BCUT2D eigenvalue weighted by Gasteiger charge is 2.60. The highest BCUT2D eigenvalue weighted by Crippen LogP contribution is 2.64. The van der Waals surface area contributed by atoms with Crippen LogP contribution in [0.1, 0.15) is 48.9 Å². The Balaban J connectivity index is 1.46. The number of ketones is 1. The summed E-state index contributed by atoms with van der Waals surface area (Å²) in [7, 11) is 0. The minimum absolute atomic E-state index is 0.00871. The van der Waals surface area contributed by atoms with Gasteiger partial charge in [-0.25, -0.2) is 8.78 Å². The molecule has 4 aliphatic rings. The first kappa shape index (κ1) is 17.1. The Morgan fingerprint density at radius 1 is 1.16 bits per heavy atom. The number of esters is 1. The monoisotopic (exact) mass is 412 g/mol. The zero-order chi connectivity index (χ0) is 17.8. The highest BCUT2D eigenvalue weighted by molar-refractivity contribution is 9.10. The SMILES string of the molecule is O=C(COC(=O)C12C[C@@H]3C[C@@H](CC(Br)(C3)C1)C2)c1cc(F)ccc1F. The number of ether oxygens (including phenoxy) is 1. The predicted octanol–water partition coefficient (Wildman–Crippen LogP) is 4.42. The molecule has 4 atom stereocenters. The summed E-state index contributed by atoms with van der Waals surface area (Å²) < 4.78 is 32.2. The van der Waals surface area contributed by atoms with Crippen molar-refractivity contribution in [2.24, 2.45) is 17.3 Å². The maximum absolute atomic E-state index is 13.7. The Bertz CT molecular complexity index is 734. The van der Waals surface area contributed by atoms with Crippen molar-refractivity contribution in [2.45, 2.75) is 42.8 Å². The maximum Gasteiger partial charge on any atom is 0.312 e. The van der Waals surface area contributed by atoms with Crippen LogP contribution in [0, 0.1) is 28.9 Å². The van der Waals surface area contributed by atoms with Gasteiger partial charge in [0.25, 0.3) is 0 Å². The largest absolute Gasteiger partial charge is 0.457 e. The Kier molecular flexibility index (Phi) is 4.02. The van der Waals surface area contributed by atoms with Crippen LogP contribution in [0.4, 0.5) is 8.78 Å². The molecule has 6 heteroatoms. The van der Waals surface area contributed by atoms with Crippen LogP contribution in [0.15, 0.2) is 18.2 Å². The van der Waals surface area contributed by atoms with Crippen molar-refractivity contribution in [1.82, 2.24) is 0 Å². The first-order valence-corrected chi connectivity index (χ1v) is 9.42. The summed E-state index contributed by atoms with van der Waals surface area (Å²) in [5.41, 5.74) is -0.913. The van der Waals surface area contributed by atoms with Gasteiger partial charge in [0.05, 0.1) is 11.0 Å². The van der Waals surface area contributed by atoms with E-state index in [-0.39, 0.29) is 15.9 Å². The minimum atomic E-state index is -0.809. The third kappa shape index (κ3) is 3.03. The number of Topliss-reactive ketones (excluding diaryl/α,β-unsaturated/α-hetero) is 1. The van der Waals surface area contributed by atoms with Crippen molar-refractivity contribution in [3.8, 4) is 0 Å². The molecule has 4 saturated carbocycles. The first-order valence-electron chi connectivity index (χ1n) is 8.63. The summed E-state index contributed by atoms with van der Waals surface area (Å²) in [6, 6.07) is 2.69. The number of carbonyl (C=O) groups is 2. The standard InChI is InChI=1S/C19H19BrF2O3/c20-19-7-11-3-12(8-19)6-18(5-11,10-19)17(24)25-9-16(23)14-4-13(21)1-2-15(14)22/h1-2,4,11-12H,3,5-10H2/t11-,12+,18?,19?. The molecule has 0 aliphatic heterocycles. The van der Waals surface area contributed by atoms with Gasteiger partial charge in [-0.05, 0) is 68.6 Å². The van der Waals surface area contributed by atoms with Gasteiger partial charge in [-0.15, -0.1) is 0 Å². The summed E-state index contributed by atoms with van der Waals surface area (Å²) >= 11 is 3.83. The molecule has 3 nitrogen and oxygen atoms in total. The average molecular weight is 413 g/mol. The van der Waals surface area contributed by atoms with Gasteiger partial charge in [0, 0.05) is 4.32 Å². The molecule has 0 N–H and O–H groups in total. The molecule has 0 spiro atoms. The van der Waals surface area contributed by atoms with Crippen molar-refractivity contribution in [1.29, 1.82) is 0 Å². The van der Waals surface area contributed by atoms with E-state index in [1.807, 2.05) is 0 Å². The molecule has 0 amide bonds. The molecule has 0 saturated heterocycles. The topological polar surface area (TPSA) is 43.4 Å². The van der Waals surface area contributed by atoms with E-state index < -0.39 is 29.4 Å². The van der Waals surface area contributed by atoms with Gasteiger partial charge >= 0.3 is 5.97 Å². The van der Waals surface area contributed by atoms with E-state index in [1.54, 1.807) is 0 Å². The van der Waals surface area contributed by atoms with Gasteiger partial charge < -0.3 is 4.74 Å². The van der Waals surface area contributed by atoms with Gasteiger partial charge in [0.1, 0.15) is 11.6 Å². The predicted molar refractivity (Wildman–Crippen MR) is 90.4 cm³/mol. The molecule has 2 unspecified atom stereocenters. The van der Waals surface area contributed by atoms with Crippen LogP contribution in [-0.2, 0) is 9.53 Å². The second-order valence-corrected chi connectivity index (χ2v) is 9.70. The lowest BCUT2D eigenvalue weighted by Crippen LogP contribution is -2.56. The third-order valence-electron chi connectivity index (χ3n) is 5.99. The number of carbonyl (C=O) groups excluding carboxylic acids is 2. The van der Waals surface area contributed by atoms with Crippen molar-refractivity contribution in [3.63, 3.8) is 0 Å². The van der Waals surface area contributed by atoms with Gasteiger partial charge in [-0.1, -0.05) is 15.9 Å². The number of halogens is 3. The lowest BCUT2D eigenvalue weighted by molar-refractivity contribution is -0.168. The van der Waals surface area contributed by atoms with Gasteiger partial charge in [0.2, 0.25) is 5.78 Å². The molecule has 4 fully saturated rings. The van der Waals surface area contributed by atoms with E-state index in [0.717, 1.165) is 56.7 Å². The van der Waals surface area contributed by atoms with Crippen molar-refractivity contribution < 1.29 is 23.1 Å². The van der Waals surface area contributed by atoms with Crippen LogP contribution in [0.5, 0.6) is 0 Å². The molecule has 0 heterocycles. The Morgan fingerprint density at radius 2 is 1.84 bits per heavy atom. The summed E-state index contributed by atoms with van der Waals surface area (Å²) in [5.74, 6) is -1.55. The molecular formula is C19H19BrF2O3. The molecular weight excluding hydrogens is 394 g/mol. The molecule has 134 valence electrons. The highest BCUT2D eigenvalue weighted by atomic mass is 79.9. The van der Waals surface area contributed by atoms with E-state index in [0.29, 0.717) is 11.8 Å². The fourth-order valence-electron chi connectivity index (χ4n) is 5.46. The summed E-state index contributed by atoms with van der Waals surface area (Å²) in [6.45, 7) is -0.550. The van der Waals surface area contributed by atoms with Crippen LogP contribution in [0.2, 0.25) is 0 Å². The summed E-state index contributed by atoms with van der Waals surface area (Å²) in [5, 5.41) is 0. The Labute approximate surface area is 153 Å². The number of alkyl halides is 1. The van der Waals surface area contributed by atoms with E-state index in [9.17, 15) is 18.4 Å². The fraction of sp³-hybridized carbons (Fsp3) is 0.579. The van der Waals surface area contributed by atoms with Crippen molar-refractivity contribution in [2.75, 3.05) is 6.61 Å². The zero-order valence-corrected chi connectivity index (χ0v) is 15.3. The van der Waals surface area contributed by atoms with Crippen molar-refractivity contribution >= 4 is 27.7 Å². The number of rotatable bonds is 4. The molecule has 1 aromatic rings. The minimum Gasteiger partial charge on any atom is -0.457 e. The van der Waals surface area contributed by atoms with Crippen LogP contribution in [0.25, 0.3) is 0 Å². The lowest BCUT2D eigenvalue weighted by Gasteiger charge is -2.58. The van der Waals surface area contributed by atoms with E-state index in [1.165, 1.54) is 0 Å². The zero-order valence-electron chi connectivity index (χ0n) is 13.7. The summed E-state index contributed by atoms with van der Waals surface area (Å²) in [4.78, 5) is 24.9. The average Bonchev–Trinajstić information content (AvgIpc) is 2.52. The smallest absolute Gasteiger partial charge is 0.312 e. The molecule has 0 radical (unpaired) electrons. The molecule has 1 aromatic carbocycles. The maximum atomic E-state index is 13.7. The molecule has 5 rings (SSSR count). The Hall–Kier alpha value is -1.30. The molecule has 4 bridgehead atoms. The van der Waals surface area contributed by atoms with E-state index in [4.69, 9.17) is 4.74 Å². The second kappa shape index (κ2) is 5.86. The van der Waals surface area contributed by atoms with Crippen LogP contribution in [0.3, 0.4) is 0 Å². The third-order valence-corrected chi connectivity index (χ3v) is 6.91. The van der Waals surface area contributed by atoms with E-state index in [2.05, 4.69) is 15.9 Å². The number of benzene rings is 1. The first-order chi connectivity index (χ1) is 11.8. The lowest BCUT2D eigenvalue weighted by atomic mass is 9.49. The quantitative estimate of drug-likeness (QED) is 0.417. The van der Waals surface area contributed by atoms with Crippen LogP contribution >= 0.6 is 15.9 Å². The van der Waals surface area contributed by atoms with Gasteiger partial charge in [0.15, 0.2) is 6.61 Å². The van der Waals surface area contributed by atoms with Gasteiger partial charge in [-0.2, -0.15) is 0 Å². The van der Waals surface area contributed by atoms with E-state index >= 15 is 0 Å². The molecule has 25 heavy (non-hydrogen) atoms. The molecule has 4 aliphatic carbocycles. The second-order valence-electron chi connectivity index (χ2n) is 8.02.